The fourth-order valence-electron chi connectivity index (χ4n) is 3.47. The van der Waals surface area contributed by atoms with Crippen molar-refractivity contribution in [1.82, 2.24) is 15.3 Å². The van der Waals surface area contributed by atoms with Gasteiger partial charge in [-0.3, -0.25) is 0 Å². The number of aromatic nitrogens is 2. The minimum atomic E-state index is 0.139. The highest BCUT2D eigenvalue weighted by molar-refractivity contribution is 6.29. The van der Waals surface area contributed by atoms with Crippen LogP contribution in [-0.4, -0.2) is 9.97 Å². The zero-order valence-corrected chi connectivity index (χ0v) is 18.8. The van der Waals surface area contributed by atoms with Gasteiger partial charge in [-0.15, -0.1) is 0 Å². The third-order valence-electron chi connectivity index (χ3n) is 5.33. The Morgan fingerprint density at radius 2 is 2.13 bits per heavy atom. The number of allylic oxidation sites excluding steroid dienone is 4. The quantitative estimate of drug-likeness (QED) is 0.512. The first-order valence-electron chi connectivity index (χ1n) is 10.5. The number of nitrogens with one attached hydrogen (secondary N) is 2. The number of hydrogen-bond acceptors (Lipinski definition) is 2. The molecule has 0 spiro atoms. The number of hydrogen-bond donors (Lipinski definition) is 2. The lowest BCUT2D eigenvalue weighted by Crippen LogP contribution is -2.17. The zero-order valence-electron chi connectivity index (χ0n) is 18.0. The topological polar surface area (TPSA) is 40.7 Å². The Morgan fingerprint density at radius 1 is 1.30 bits per heavy atom. The van der Waals surface area contributed by atoms with Crippen molar-refractivity contribution in [3.05, 3.63) is 94.9 Å². The van der Waals surface area contributed by atoms with Crippen molar-refractivity contribution in [2.24, 2.45) is 0 Å². The Bertz CT molecular complexity index is 1030. The molecule has 0 aliphatic heterocycles. The summed E-state index contributed by atoms with van der Waals surface area (Å²) in [6.45, 7) is 10.5. The van der Waals surface area contributed by atoms with Gasteiger partial charge in [0.15, 0.2) is 0 Å². The number of H-pyrrole nitrogens is 1. The molecule has 1 aliphatic carbocycles. The monoisotopic (exact) mass is 419 g/mol. The van der Waals surface area contributed by atoms with E-state index in [0.717, 1.165) is 52.5 Å². The summed E-state index contributed by atoms with van der Waals surface area (Å²) >= 11 is 6.18. The van der Waals surface area contributed by atoms with Crippen molar-refractivity contribution in [1.29, 1.82) is 0 Å². The average Bonchev–Trinajstić information content (AvgIpc) is 2.85. The third kappa shape index (κ3) is 5.64. The molecule has 1 atom stereocenters. The Labute approximate surface area is 184 Å². The van der Waals surface area contributed by atoms with Crippen LogP contribution < -0.4 is 5.32 Å². The molecule has 0 fully saturated rings. The van der Waals surface area contributed by atoms with Gasteiger partial charge in [-0.2, -0.15) is 0 Å². The van der Waals surface area contributed by atoms with E-state index in [1.54, 1.807) is 0 Å². The van der Waals surface area contributed by atoms with Crippen LogP contribution in [0.1, 0.15) is 55.8 Å². The van der Waals surface area contributed by atoms with E-state index in [9.17, 15) is 0 Å². The molecule has 3 nitrogen and oxygen atoms in total. The van der Waals surface area contributed by atoms with Crippen LogP contribution in [0.15, 0.2) is 78.3 Å². The Hall–Kier alpha value is -2.78. The molecular weight excluding hydrogens is 390 g/mol. The lowest BCUT2D eigenvalue weighted by Gasteiger charge is -2.18. The van der Waals surface area contributed by atoms with Crippen molar-refractivity contribution in [3.63, 3.8) is 0 Å². The molecule has 0 amide bonds. The number of benzene rings is 1. The molecule has 0 saturated carbocycles. The smallest absolute Gasteiger partial charge is 0.137 e. The van der Waals surface area contributed by atoms with Gasteiger partial charge >= 0.3 is 0 Å². The van der Waals surface area contributed by atoms with Gasteiger partial charge in [-0.1, -0.05) is 55.4 Å². The van der Waals surface area contributed by atoms with Crippen molar-refractivity contribution in [2.75, 3.05) is 0 Å². The van der Waals surface area contributed by atoms with E-state index in [2.05, 4.69) is 79.0 Å². The summed E-state index contributed by atoms with van der Waals surface area (Å²) in [5.74, 6) is 0.827. The van der Waals surface area contributed by atoms with E-state index in [1.165, 1.54) is 11.1 Å². The summed E-state index contributed by atoms with van der Waals surface area (Å²) in [6, 6.07) is 12.7. The van der Waals surface area contributed by atoms with Crippen LogP contribution in [0.4, 0.5) is 0 Å². The number of nitrogens with zero attached hydrogens (tertiary/aromatic N) is 1. The normalized spacial score (nSPS) is 14.3. The predicted molar refractivity (Wildman–Crippen MR) is 129 cm³/mol. The molecule has 1 aromatic carbocycles. The first-order valence-corrected chi connectivity index (χ1v) is 10.8. The molecule has 2 aromatic rings. The van der Waals surface area contributed by atoms with Crippen LogP contribution in [0, 0.1) is 6.92 Å². The first-order chi connectivity index (χ1) is 14.5. The predicted octanol–water partition coefficient (Wildman–Crippen LogP) is 7.38. The van der Waals surface area contributed by atoms with Crippen LogP contribution in [0.5, 0.6) is 0 Å². The highest BCUT2D eigenvalue weighted by Gasteiger charge is 2.09. The van der Waals surface area contributed by atoms with Gasteiger partial charge in [0, 0.05) is 34.7 Å². The minimum absolute atomic E-state index is 0.139. The number of rotatable bonds is 6. The molecule has 2 N–H and O–H groups in total. The SMILES string of the molecule is C=C(CC)c1ccc(-c2ncccc(C(C)NC3=CCCC(Cl)=C3)cc[nH]2)c(C)c1. The number of aromatic amines is 1. The van der Waals surface area contributed by atoms with Crippen molar-refractivity contribution >= 4 is 17.2 Å². The zero-order chi connectivity index (χ0) is 21.5. The molecule has 30 heavy (non-hydrogen) atoms. The summed E-state index contributed by atoms with van der Waals surface area (Å²) in [4.78, 5) is 7.99. The molecule has 0 radical (unpaired) electrons. The van der Waals surface area contributed by atoms with Crippen LogP contribution in [-0.2, 0) is 0 Å². The van der Waals surface area contributed by atoms with Crippen LogP contribution in [0.25, 0.3) is 17.0 Å². The van der Waals surface area contributed by atoms with E-state index < -0.39 is 0 Å². The molecule has 1 aliphatic rings. The fourth-order valence-corrected chi connectivity index (χ4v) is 3.70. The molecule has 4 heteroatoms. The third-order valence-corrected chi connectivity index (χ3v) is 5.63. The largest absolute Gasteiger partial charge is 0.379 e. The van der Waals surface area contributed by atoms with Gasteiger partial charge in [0.25, 0.3) is 0 Å². The molecule has 156 valence electrons. The van der Waals surface area contributed by atoms with E-state index in [0.29, 0.717) is 0 Å². The molecular formula is C26H30ClN3. The van der Waals surface area contributed by atoms with Crippen molar-refractivity contribution < 1.29 is 0 Å². The Balaban J connectivity index is 1.85. The number of aryl methyl sites for hydroxylation is 1. The minimum Gasteiger partial charge on any atom is -0.379 e. The molecule has 1 heterocycles. The lowest BCUT2D eigenvalue weighted by atomic mass is 9.99. The second kappa shape index (κ2) is 10.3. The summed E-state index contributed by atoms with van der Waals surface area (Å²) in [5, 5.41) is 4.43. The first kappa shape index (κ1) is 21.9. The highest BCUT2D eigenvalue weighted by Crippen LogP contribution is 2.25. The molecule has 0 bridgehead atoms. The lowest BCUT2D eigenvalue weighted by molar-refractivity contribution is 0.658. The van der Waals surface area contributed by atoms with Gasteiger partial charge in [0.1, 0.15) is 5.82 Å². The summed E-state index contributed by atoms with van der Waals surface area (Å²) in [7, 11) is 0. The van der Waals surface area contributed by atoms with Gasteiger partial charge < -0.3 is 10.3 Å². The van der Waals surface area contributed by atoms with Gasteiger partial charge in [-0.05, 0) is 73.6 Å². The van der Waals surface area contributed by atoms with E-state index >= 15 is 0 Å². The maximum absolute atomic E-state index is 6.18. The van der Waals surface area contributed by atoms with Crippen LogP contribution >= 0.6 is 11.6 Å². The molecule has 1 unspecified atom stereocenters. The molecule has 0 saturated heterocycles. The van der Waals surface area contributed by atoms with Crippen LogP contribution in [0.3, 0.4) is 0 Å². The summed E-state index contributed by atoms with van der Waals surface area (Å²) in [6.07, 6.45) is 10.8. The van der Waals surface area contributed by atoms with Gasteiger partial charge in [0.05, 0.1) is 0 Å². The summed E-state index contributed by atoms with van der Waals surface area (Å²) < 4.78 is 0. The van der Waals surface area contributed by atoms with Crippen molar-refractivity contribution in [2.45, 2.75) is 46.1 Å². The van der Waals surface area contributed by atoms with Crippen LogP contribution in [0.2, 0.25) is 0 Å². The highest BCUT2D eigenvalue weighted by atomic mass is 35.5. The van der Waals surface area contributed by atoms with Crippen molar-refractivity contribution in [3.8, 4) is 11.4 Å². The Morgan fingerprint density at radius 3 is 2.87 bits per heavy atom. The summed E-state index contributed by atoms with van der Waals surface area (Å²) in [5.41, 5.74) is 6.81. The molecule has 3 rings (SSSR count). The maximum atomic E-state index is 6.18. The van der Waals surface area contributed by atoms with E-state index in [-0.39, 0.29) is 6.04 Å². The maximum Gasteiger partial charge on any atom is 0.137 e. The molecule has 1 aromatic heterocycles. The van der Waals surface area contributed by atoms with E-state index in [1.807, 2.05) is 24.5 Å². The fraction of sp³-hybridized carbons (Fsp3) is 0.269. The van der Waals surface area contributed by atoms with E-state index in [4.69, 9.17) is 11.6 Å². The number of halogens is 1. The second-order valence-electron chi connectivity index (χ2n) is 7.61. The average molecular weight is 420 g/mol. The second-order valence-corrected chi connectivity index (χ2v) is 8.09. The van der Waals surface area contributed by atoms with Gasteiger partial charge in [0.2, 0.25) is 0 Å². The Kier molecular flexibility index (Phi) is 7.53. The standard InChI is InChI=1S/C26H30ClN3/c1-5-18(2)22-11-12-25(19(3)16-22)26-28-14-7-8-21(13-15-29-26)20(4)30-24-10-6-9-23(27)17-24/h7-8,10-17,20,30H,2,5-6,9H2,1,3-4H3,(H,28,29). The van der Waals surface area contributed by atoms with Gasteiger partial charge in [-0.25, -0.2) is 4.98 Å².